The van der Waals surface area contributed by atoms with Crippen molar-refractivity contribution in [3.05, 3.63) is 76.3 Å². The molecule has 0 aromatic heterocycles. The van der Waals surface area contributed by atoms with Gasteiger partial charge in [-0.15, -0.1) is 6.58 Å². The highest BCUT2D eigenvalue weighted by Gasteiger charge is 2.16. The second kappa shape index (κ2) is 11.1. The van der Waals surface area contributed by atoms with Gasteiger partial charge in [-0.3, -0.25) is 4.79 Å². The normalized spacial score (nSPS) is 10.8. The van der Waals surface area contributed by atoms with Crippen molar-refractivity contribution in [3.8, 4) is 17.6 Å². The number of hydrogen-bond donors (Lipinski definition) is 0. The Morgan fingerprint density at radius 3 is 2.57 bits per heavy atom. The Hall–Kier alpha value is -3.23. The Balaban J connectivity index is 2.49. The van der Waals surface area contributed by atoms with Crippen LogP contribution >= 0.6 is 11.6 Å². The van der Waals surface area contributed by atoms with Crippen molar-refractivity contribution in [1.82, 2.24) is 4.90 Å². The van der Waals surface area contributed by atoms with Gasteiger partial charge in [-0.2, -0.15) is 5.26 Å². The molecule has 0 atom stereocenters. The zero-order valence-corrected chi connectivity index (χ0v) is 18.2. The maximum atomic E-state index is 12.2. The number of hydrogen-bond acceptors (Lipinski definition) is 4. The molecule has 2 aromatic carbocycles. The molecule has 0 spiro atoms. The lowest BCUT2D eigenvalue weighted by Gasteiger charge is -2.17. The third-order valence-corrected chi connectivity index (χ3v) is 4.58. The Labute approximate surface area is 182 Å². The number of nitrogens with zero attached hydrogens (tertiary/aromatic N) is 2. The molecule has 2 aromatic rings. The van der Waals surface area contributed by atoms with Crippen molar-refractivity contribution in [3.63, 3.8) is 0 Å². The minimum absolute atomic E-state index is 0.0386. The third-order valence-electron chi connectivity index (χ3n) is 4.22. The Morgan fingerprint density at radius 2 is 1.97 bits per heavy atom. The number of ether oxygens (including phenoxy) is 2. The minimum Gasteiger partial charge on any atom is -0.490 e. The minimum atomic E-state index is -0.361. The lowest BCUT2D eigenvalue weighted by Crippen LogP contribution is -2.22. The van der Waals surface area contributed by atoms with Crippen LogP contribution in [-0.2, 0) is 17.8 Å². The van der Waals surface area contributed by atoms with Gasteiger partial charge in [-0.1, -0.05) is 35.9 Å². The summed E-state index contributed by atoms with van der Waals surface area (Å²) >= 11 is 6.24. The van der Waals surface area contributed by atoms with Gasteiger partial charge in [0, 0.05) is 30.2 Å². The van der Waals surface area contributed by atoms with E-state index >= 15 is 0 Å². The van der Waals surface area contributed by atoms with Gasteiger partial charge in [0.1, 0.15) is 18.2 Å². The van der Waals surface area contributed by atoms with Crippen molar-refractivity contribution in [2.45, 2.75) is 20.0 Å². The first-order chi connectivity index (χ1) is 14.4. The fourth-order valence-corrected chi connectivity index (χ4v) is 3.01. The van der Waals surface area contributed by atoms with Crippen LogP contribution in [0.4, 0.5) is 0 Å². The first-order valence-corrected chi connectivity index (χ1v) is 9.89. The van der Waals surface area contributed by atoms with E-state index in [1.165, 1.54) is 4.90 Å². The smallest absolute Gasteiger partial charge is 0.264 e. The molecule has 0 radical (unpaired) electrons. The molecule has 0 aliphatic rings. The molecule has 6 heteroatoms. The van der Waals surface area contributed by atoms with Crippen LogP contribution in [-0.4, -0.2) is 31.5 Å². The summed E-state index contributed by atoms with van der Waals surface area (Å²) in [5, 5.41) is 10.0. The van der Waals surface area contributed by atoms with Crippen LogP contribution in [0.2, 0.25) is 5.02 Å². The van der Waals surface area contributed by atoms with Crippen molar-refractivity contribution in [2.24, 2.45) is 0 Å². The lowest BCUT2D eigenvalue weighted by atomic mass is 10.0. The van der Waals surface area contributed by atoms with E-state index in [9.17, 15) is 10.1 Å². The monoisotopic (exact) mass is 424 g/mol. The average molecular weight is 425 g/mol. The van der Waals surface area contributed by atoms with E-state index in [2.05, 4.69) is 6.58 Å². The number of carbonyl (C=O) groups is 1. The standard InChI is InChI=1S/C24H25ClN2O3/c1-5-9-18-12-17(13-20(15-26)24(28)27(3)4)14-22(29-6-2)23(18)30-16-19-10-7-8-11-21(19)25/h5,7-8,10-14H,1,6,9,16H2,2-4H3/b20-13-. The molecule has 1 amide bonds. The van der Waals surface area contributed by atoms with E-state index in [-0.39, 0.29) is 18.1 Å². The van der Waals surface area contributed by atoms with E-state index in [1.54, 1.807) is 32.3 Å². The number of benzene rings is 2. The van der Waals surface area contributed by atoms with Gasteiger partial charge in [-0.25, -0.2) is 0 Å². The highest BCUT2D eigenvalue weighted by molar-refractivity contribution is 6.31. The van der Waals surface area contributed by atoms with Crippen LogP contribution in [0.5, 0.6) is 11.5 Å². The van der Waals surface area contributed by atoms with Gasteiger partial charge in [0.25, 0.3) is 5.91 Å². The zero-order valence-electron chi connectivity index (χ0n) is 17.4. The molecule has 0 N–H and O–H groups in total. The maximum Gasteiger partial charge on any atom is 0.264 e. The molecule has 5 nitrogen and oxygen atoms in total. The fourth-order valence-electron chi connectivity index (χ4n) is 2.82. The number of amides is 1. The molecular weight excluding hydrogens is 400 g/mol. The highest BCUT2D eigenvalue weighted by atomic mass is 35.5. The largest absolute Gasteiger partial charge is 0.490 e. The summed E-state index contributed by atoms with van der Waals surface area (Å²) in [6.07, 6.45) is 3.84. The molecule has 0 unspecified atom stereocenters. The Morgan fingerprint density at radius 1 is 1.23 bits per heavy atom. The Bertz CT molecular complexity index is 990. The average Bonchev–Trinajstić information content (AvgIpc) is 2.72. The van der Waals surface area contributed by atoms with E-state index in [4.69, 9.17) is 21.1 Å². The van der Waals surface area contributed by atoms with Crippen molar-refractivity contribution < 1.29 is 14.3 Å². The van der Waals surface area contributed by atoms with Crippen LogP contribution in [0.3, 0.4) is 0 Å². The van der Waals surface area contributed by atoms with E-state index in [1.807, 2.05) is 43.3 Å². The summed E-state index contributed by atoms with van der Waals surface area (Å²) in [6.45, 7) is 6.41. The highest BCUT2D eigenvalue weighted by Crippen LogP contribution is 2.35. The molecule has 0 aliphatic carbocycles. The van der Waals surface area contributed by atoms with E-state index in [0.29, 0.717) is 35.1 Å². The van der Waals surface area contributed by atoms with E-state index in [0.717, 1.165) is 11.1 Å². The predicted octanol–water partition coefficient (Wildman–Crippen LogP) is 5.04. The molecule has 156 valence electrons. The quantitative estimate of drug-likeness (QED) is 0.321. The second-order valence-electron chi connectivity index (χ2n) is 6.68. The second-order valence-corrected chi connectivity index (χ2v) is 7.09. The van der Waals surface area contributed by atoms with Gasteiger partial charge in [0.15, 0.2) is 11.5 Å². The van der Waals surface area contributed by atoms with Crippen LogP contribution in [0.15, 0.2) is 54.6 Å². The summed E-state index contributed by atoms with van der Waals surface area (Å²) in [4.78, 5) is 13.6. The summed E-state index contributed by atoms with van der Waals surface area (Å²) in [6, 6.07) is 13.1. The molecule has 0 fully saturated rings. The molecule has 0 bridgehead atoms. The number of likely N-dealkylation sites (N-methyl/N-ethyl adjacent to an activating group) is 1. The summed E-state index contributed by atoms with van der Waals surface area (Å²) in [7, 11) is 3.21. The fraction of sp³-hybridized carbons (Fsp3) is 0.250. The molecule has 2 rings (SSSR count). The molecule has 30 heavy (non-hydrogen) atoms. The maximum absolute atomic E-state index is 12.2. The first-order valence-electron chi connectivity index (χ1n) is 9.51. The number of nitriles is 1. The topological polar surface area (TPSA) is 62.6 Å². The number of halogens is 1. The van der Waals surface area contributed by atoms with Crippen LogP contribution in [0, 0.1) is 11.3 Å². The van der Waals surface area contributed by atoms with Crippen LogP contribution < -0.4 is 9.47 Å². The van der Waals surface area contributed by atoms with Crippen molar-refractivity contribution >= 4 is 23.6 Å². The Kier molecular flexibility index (Phi) is 8.52. The van der Waals surface area contributed by atoms with Crippen molar-refractivity contribution in [1.29, 1.82) is 5.26 Å². The molecule has 0 aliphatic heterocycles. The number of rotatable bonds is 9. The van der Waals surface area contributed by atoms with Gasteiger partial charge in [0.05, 0.1) is 6.61 Å². The van der Waals surface area contributed by atoms with Gasteiger partial charge in [0.2, 0.25) is 0 Å². The number of carbonyl (C=O) groups excluding carboxylic acids is 1. The number of allylic oxidation sites excluding steroid dienone is 1. The molecular formula is C24H25ClN2O3. The van der Waals surface area contributed by atoms with Crippen LogP contribution in [0.25, 0.3) is 6.08 Å². The third kappa shape index (κ3) is 5.88. The predicted molar refractivity (Wildman–Crippen MR) is 120 cm³/mol. The molecule has 0 saturated heterocycles. The van der Waals surface area contributed by atoms with Gasteiger partial charge in [-0.05, 0) is 43.2 Å². The lowest BCUT2D eigenvalue weighted by molar-refractivity contribution is -0.124. The van der Waals surface area contributed by atoms with Gasteiger partial charge >= 0.3 is 0 Å². The summed E-state index contributed by atoms with van der Waals surface area (Å²) in [5.74, 6) is 0.760. The summed E-state index contributed by atoms with van der Waals surface area (Å²) < 4.78 is 11.9. The first kappa shape index (κ1) is 23.1. The molecule has 0 heterocycles. The van der Waals surface area contributed by atoms with Crippen LogP contribution in [0.1, 0.15) is 23.6 Å². The zero-order chi connectivity index (χ0) is 22.1. The van der Waals surface area contributed by atoms with Gasteiger partial charge < -0.3 is 14.4 Å². The van der Waals surface area contributed by atoms with Crippen molar-refractivity contribution in [2.75, 3.05) is 20.7 Å². The van der Waals surface area contributed by atoms with E-state index < -0.39 is 0 Å². The molecule has 0 saturated carbocycles. The SMILES string of the molecule is C=CCc1cc(/C=C(/C#N)C(=O)N(C)C)cc(OCC)c1OCc1ccccc1Cl. The summed E-state index contributed by atoms with van der Waals surface area (Å²) in [5.41, 5.74) is 2.41.